The second-order valence-corrected chi connectivity index (χ2v) is 8.56. The number of nitrogens with zero attached hydrogens (tertiary/aromatic N) is 2. The van der Waals surface area contributed by atoms with E-state index in [9.17, 15) is 0 Å². The van der Waals surface area contributed by atoms with Crippen molar-refractivity contribution in [2.75, 3.05) is 0 Å². The van der Waals surface area contributed by atoms with Gasteiger partial charge in [0.2, 0.25) is 0 Å². The molecule has 0 amide bonds. The number of aromatic nitrogens is 2. The average molecular weight is 375 g/mol. The van der Waals surface area contributed by atoms with Crippen LogP contribution in [0, 0.1) is 0 Å². The fourth-order valence-electron chi connectivity index (χ4n) is 5.32. The third-order valence-corrected chi connectivity index (χ3v) is 6.66. The van der Waals surface area contributed by atoms with Crippen LogP contribution in [0.5, 0.6) is 0 Å². The van der Waals surface area contributed by atoms with E-state index in [-0.39, 0.29) is 0 Å². The molecule has 0 aliphatic heterocycles. The van der Waals surface area contributed by atoms with Crippen LogP contribution in [0.2, 0.25) is 0 Å². The Hall–Kier alpha value is -2.17. The molecule has 3 aromatic rings. The van der Waals surface area contributed by atoms with Crippen molar-refractivity contribution in [1.29, 1.82) is 0 Å². The second kappa shape index (κ2) is 7.69. The number of nitrogens with one attached hydrogen (secondary N) is 1. The van der Waals surface area contributed by atoms with Crippen molar-refractivity contribution in [3.05, 3.63) is 65.5 Å². The minimum absolute atomic E-state index is 0.329. The van der Waals surface area contributed by atoms with Crippen LogP contribution in [-0.2, 0) is 13.0 Å². The lowest BCUT2D eigenvalue weighted by molar-refractivity contribution is 0.0768. The van der Waals surface area contributed by atoms with E-state index in [0.29, 0.717) is 18.1 Å². The van der Waals surface area contributed by atoms with Gasteiger partial charge < -0.3 is 10.7 Å². The van der Waals surface area contributed by atoms with Gasteiger partial charge in [0, 0.05) is 18.1 Å². The third kappa shape index (κ3) is 3.47. The quantitative estimate of drug-likeness (QED) is 0.695. The van der Waals surface area contributed by atoms with Gasteiger partial charge in [-0.3, -0.25) is 4.90 Å². The number of nitrogens with two attached hydrogens (primary N) is 1. The van der Waals surface area contributed by atoms with Gasteiger partial charge in [0.25, 0.3) is 0 Å². The summed E-state index contributed by atoms with van der Waals surface area (Å²) in [5, 5.41) is 0. The largest absolute Gasteiger partial charge is 0.341 e. The molecule has 0 saturated heterocycles. The molecule has 1 heterocycles. The van der Waals surface area contributed by atoms with Crippen LogP contribution in [0.1, 0.15) is 61.5 Å². The number of para-hydroxylation sites is 2. The third-order valence-electron chi connectivity index (χ3n) is 6.66. The number of fused-ring (bicyclic) bond motifs is 2. The van der Waals surface area contributed by atoms with Gasteiger partial charge in [0.1, 0.15) is 5.82 Å². The zero-order valence-electron chi connectivity index (χ0n) is 16.5. The highest BCUT2D eigenvalue weighted by molar-refractivity contribution is 5.74. The molecule has 0 radical (unpaired) electrons. The van der Waals surface area contributed by atoms with Crippen molar-refractivity contribution >= 4 is 11.0 Å². The van der Waals surface area contributed by atoms with E-state index in [0.717, 1.165) is 36.2 Å². The monoisotopic (exact) mass is 374 g/mol. The molecule has 4 heteroatoms. The van der Waals surface area contributed by atoms with Crippen LogP contribution in [0.4, 0.5) is 0 Å². The molecule has 3 unspecified atom stereocenters. The Morgan fingerprint density at radius 1 is 1.00 bits per heavy atom. The smallest absolute Gasteiger partial charge is 0.121 e. The van der Waals surface area contributed by atoms with Gasteiger partial charge in [-0.15, -0.1) is 0 Å². The topological polar surface area (TPSA) is 57.9 Å². The van der Waals surface area contributed by atoms with E-state index < -0.39 is 0 Å². The first-order valence-electron chi connectivity index (χ1n) is 10.8. The Labute approximate surface area is 167 Å². The Morgan fingerprint density at radius 3 is 2.75 bits per heavy atom. The molecular formula is C24H30N4. The standard InChI is InChI=1S/C24H30N4/c25-18-9-6-10-19(15-18)28(16-24-26-21-12-3-4-13-22(21)27-24)23-14-5-8-17-7-1-2-11-20(17)23/h1-4,7,11-13,18-19,23H,5-6,8-10,14-16,25H2,(H,26,27). The fraction of sp³-hybridized carbons (Fsp3) is 0.458. The first kappa shape index (κ1) is 17.9. The van der Waals surface area contributed by atoms with Gasteiger partial charge in [0.15, 0.2) is 0 Å². The molecule has 2 aromatic carbocycles. The van der Waals surface area contributed by atoms with E-state index in [1.807, 2.05) is 0 Å². The van der Waals surface area contributed by atoms with Crippen molar-refractivity contribution in [1.82, 2.24) is 14.9 Å². The predicted octanol–water partition coefficient (Wildman–Crippen LogP) is 4.71. The van der Waals surface area contributed by atoms with Crippen LogP contribution in [0.15, 0.2) is 48.5 Å². The van der Waals surface area contributed by atoms with Crippen LogP contribution in [0.25, 0.3) is 11.0 Å². The molecule has 3 N–H and O–H groups in total. The number of rotatable bonds is 4. The highest BCUT2D eigenvalue weighted by atomic mass is 15.2. The number of aryl methyl sites for hydroxylation is 1. The summed E-state index contributed by atoms with van der Waals surface area (Å²) in [6.45, 7) is 0.866. The Bertz CT molecular complexity index is 913. The molecule has 4 nitrogen and oxygen atoms in total. The summed E-state index contributed by atoms with van der Waals surface area (Å²) < 4.78 is 0. The molecular weight excluding hydrogens is 344 g/mol. The molecule has 3 atom stereocenters. The van der Waals surface area contributed by atoms with Gasteiger partial charge in [-0.2, -0.15) is 0 Å². The maximum Gasteiger partial charge on any atom is 0.121 e. The normalized spacial score (nSPS) is 25.1. The van der Waals surface area contributed by atoms with Crippen LogP contribution in [-0.4, -0.2) is 27.0 Å². The van der Waals surface area contributed by atoms with E-state index >= 15 is 0 Å². The summed E-state index contributed by atoms with van der Waals surface area (Å²) in [6.07, 6.45) is 8.42. The van der Waals surface area contributed by atoms with Gasteiger partial charge in [-0.1, -0.05) is 42.8 Å². The molecule has 5 rings (SSSR count). The first-order chi connectivity index (χ1) is 13.8. The zero-order valence-corrected chi connectivity index (χ0v) is 16.5. The molecule has 1 fully saturated rings. The molecule has 1 aromatic heterocycles. The highest BCUT2D eigenvalue weighted by Gasteiger charge is 2.33. The molecule has 0 bridgehead atoms. The van der Waals surface area contributed by atoms with Gasteiger partial charge >= 0.3 is 0 Å². The summed E-state index contributed by atoms with van der Waals surface area (Å²) in [5.41, 5.74) is 11.6. The lowest BCUT2D eigenvalue weighted by Gasteiger charge is -2.43. The zero-order chi connectivity index (χ0) is 18.9. The van der Waals surface area contributed by atoms with Crippen molar-refractivity contribution < 1.29 is 0 Å². The number of H-pyrrole nitrogens is 1. The van der Waals surface area contributed by atoms with Crippen molar-refractivity contribution in [2.45, 2.75) is 69.6 Å². The molecule has 1 saturated carbocycles. The van der Waals surface area contributed by atoms with E-state index in [4.69, 9.17) is 10.7 Å². The molecule has 0 spiro atoms. The summed E-state index contributed by atoms with van der Waals surface area (Å²) in [6, 6.07) is 18.7. The van der Waals surface area contributed by atoms with Crippen LogP contribution in [0.3, 0.4) is 0 Å². The average Bonchev–Trinajstić information content (AvgIpc) is 3.14. The number of benzene rings is 2. The first-order valence-corrected chi connectivity index (χ1v) is 10.8. The summed E-state index contributed by atoms with van der Waals surface area (Å²) >= 11 is 0. The Morgan fingerprint density at radius 2 is 1.86 bits per heavy atom. The van der Waals surface area contributed by atoms with Gasteiger partial charge in [0.05, 0.1) is 17.6 Å². The number of imidazole rings is 1. The summed E-state index contributed by atoms with van der Waals surface area (Å²) in [5.74, 6) is 1.07. The minimum atomic E-state index is 0.329. The van der Waals surface area contributed by atoms with Crippen LogP contribution < -0.4 is 5.73 Å². The van der Waals surface area contributed by atoms with Gasteiger partial charge in [-0.25, -0.2) is 4.98 Å². The lowest BCUT2D eigenvalue weighted by atomic mass is 9.83. The van der Waals surface area contributed by atoms with E-state index in [2.05, 4.69) is 58.4 Å². The minimum Gasteiger partial charge on any atom is -0.341 e. The summed E-state index contributed by atoms with van der Waals surface area (Å²) in [4.78, 5) is 11.2. The fourth-order valence-corrected chi connectivity index (χ4v) is 5.32. The van der Waals surface area contributed by atoms with E-state index in [1.54, 1.807) is 0 Å². The molecule has 2 aliphatic rings. The molecule has 146 valence electrons. The maximum atomic E-state index is 6.39. The highest BCUT2D eigenvalue weighted by Crippen LogP contribution is 2.38. The van der Waals surface area contributed by atoms with Crippen molar-refractivity contribution in [2.24, 2.45) is 5.73 Å². The lowest BCUT2D eigenvalue weighted by Crippen LogP contribution is -2.45. The maximum absolute atomic E-state index is 6.39. The molecule has 28 heavy (non-hydrogen) atoms. The number of aromatic amines is 1. The second-order valence-electron chi connectivity index (χ2n) is 8.56. The van der Waals surface area contributed by atoms with Crippen LogP contribution >= 0.6 is 0 Å². The summed E-state index contributed by atoms with van der Waals surface area (Å²) in [7, 11) is 0. The SMILES string of the molecule is NC1CCCC(N(Cc2nc3ccccc3[nH]2)C2CCCc3ccccc32)C1. The van der Waals surface area contributed by atoms with E-state index in [1.165, 1.54) is 43.2 Å². The Kier molecular flexibility index (Phi) is 4.91. The van der Waals surface area contributed by atoms with Crippen molar-refractivity contribution in [3.63, 3.8) is 0 Å². The molecule has 2 aliphatic carbocycles. The number of hydrogen-bond donors (Lipinski definition) is 2. The number of hydrogen-bond acceptors (Lipinski definition) is 3. The predicted molar refractivity (Wildman–Crippen MR) is 114 cm³/mol. The van der Waals surface area contributed by atoms with Gasteiger partial charge in [-0.05, 0) is 61.8 Å². The Balaban J connectivity index is 1.50. The van der Waals surface area contributed by atoms with Crippen molar-refractivity contribution in [3.8, 4) is 0 Å².